The normalized spacial score (nSPS) is 15.1. The van der Waals surface area contributed by atoms with Crippen LogP contribution in [0.2, 0.25) is 0 Å². The molecule has 0 spiro atoms. The molecule has 2 atom stereocenters. The minimum Gasteiger partial charge on any atom is -0.296 e. The number of hydrogen-bond donors (Lipinski definition) is 0. The van der Waals surface area contributed by atoms with Crippen LogP contribution in [-0.4, -0.2) is 17.7 Å². The highest BCUT2D eigenvalue weighted by Gasteiger charge is 2.27. The van der Waals surface area contributed by atoms with Crippen LogP contribution in [0.15, 0.2) is 0 Å². The van der Waals surface area contributed by atoms with Gasteiger partial charge in [-0.3, -0.25) is 9.59 Å². The summed E-state index contributed by atoms with van der Waals surface area (Å²) < 4.78 is 13.1. The molecule has 0 aliphatic carbocycles. The van der Waals surface area contributed by atoms with E-state index in [1.54, 1.807) is 20.8 Å². The minimum absolute atomic E-state index is 0.156. The fourth-order valence-electron chi connectivity index (χ4n) is 0.983. The monoisotopic (exact) mass is 188 g/mol. The van der Waals surface area contributed by atoms with Gasteiger partial charge in [0, 0.05) is 12.3 Å². The van der Waals surface area contributed by atoms with Crippen molar-refractivity contribution in [2.45, 2.75) is 46.2 Å². The molecule has 0 radical (unpaired) electrons. The number of hydrogen-bond acceptors (Lipinski definition) is 2. The lowest BCUT2D eigenvalue weighted by Crippen LogP contribution is -2.30. The Hall–Kier alpha value is -0.730. The first-order chi connectivity index (χ1) is 6.04. The third kappa shape index (κ3) is 3.66. The molecule has 2 nitrogen and oxygen atoms in total. The molecule has 0 aromatic heterocycles. The number of Topliss-reactive ketones (excluding diaryl/α,β-unsaturated/α-hetero) is 2. The van der Waals surface area contributed by atoms with E-state index in [2.05, 4.69) is 0 Å². The Morgan fingerprint density at radius 3 is 2.23 bits per heavy atom. The zero-order valence-electron chi connectivity index (χ0n) is 8.47. The summed E-state index contributed by atoms with van der Waals surface area (Å²) in [4.78, 5) is 22.2. The highest BCUT2D eigenvalue weighted by molar-refractivity contribution is 6.05. The quantitative estimate of drug-likeness (QED) is 0.599. The highest BCUT2D eigenvalue weighted by Crippen LogP contribution is 2.10. The van der Waals surface area contributed by atoms with Crippen LogP contribution >= 0.6 is 0 Å². The largest absolute Gasteiger partial charge is 0.296 e. The summed E-state index contributed by atoms with van der Waals surface area (Å²) in [7, 11) is 0. The molecule has 3 heteroatoms. The van der Waals surface area contributed by atoms with Crippen molar-refractivity contribution < 1.29 is 14.0 Å². The van der Waals surface area contributed by atoms with Crippen LogP contribution in [0.1, 0.15) is 40.0 Å². The van der Waals surface area contributed by atoms with Crippen molar-refractivity contribution >= 4 is 11.6 Å². The summed E-state index contributed by atoms with van der Waals surface area (Å²) in [6.07, 6.45) is -0.565. The van der Waals surface area contributed by atoms with Crippen molar-refractivity contribution in [2.75, 3.05) is 0 Å². The second-order valence-corrected chi connectivity index (χ2v) is 3.29. The van der Waals surface area contributed by atoms with Gasteiger partial charge in [-0.2, -0.15) is 0 Å². The number of rotatable bonds is 6. The summed E-state index contributed by atoms with van der Waals surface area (Å²) in [5.41, 5.74) is 0. The van der Waals surface area contributed by atoms with Crippen molar-refractivity contribution in [3.05, 3.63) is 0 Å². The van der Waals surface area contributed by atoms with Gasteiger partial charge >= 0.3 is 0 Å². The van der Waals surface area contributed by atoms with Gasteiger partial charge in [-0.15, -0.1) is 0 Å². The van der Waals surface area contributed by atoms with E-state index in [1.807, 2.05) is 0 Å². The topological polar surface area (TPSA) is 34.1 Å². The SMILES string of the molecule is CCCC(=O)C(F)C(=O)C(C)CC. The number of alkyl halides is 1. The zero-order chi connectivity index (χ0) is 10.4. The van der Waals surface area contributed by atoms with Crippen LogP contribution in [-0.2, 0) is 9.59 Å². The van der Waals surface area contributed by atoms with Crippen LogP contribution < -0.4 is 0 Å². The fourth-order valence-corrected chi connectivity index (χ4v) is 0.983. The van der Waals surface area contributed by atoms with Gasteiger partial charge in [0.25, 0.3) is 0 Å². The Labute approximate surface area is 78.5 Å². The second kappa shape index (κ2) is 5.84. The molecule has 13 heavy (non-hydrogen) atoms. The van der Waals surface area contributed by atoms with Crippen molar-refractivity contribution in [3.63, 3.8) is 0 Å². The lowest BCUT2D eigenvalue weighted by atomic mass is 9.96. The zero-order valence-corrected chi connectivity index (χ0v) is 8.47. The van der Waals surface area contributed by atoms with Crippen LogP contribution in [0.4, 0.5) is 4.39 Å². The Kier molecular flexibility index (Phi) is 5.51. The summed E-state index contributed by atoms with van der Waals surface area (Å²) >= 11 is 0. The van der Waals surface area contributed by atoms with E-state index in [-0.39, 0.29) is 12.3 Å². The molecule has 76 valence electrons. The standard InChI is InChI=1S/C10H17FO2/c1-4-6-8(12)9(11)10(13)7(3)5-2/h7,9H,4-6H2,1-3H3. The first kappa shape index (κ1) is 12.3. The Morgan fingerprint density at radius 2 is 1.85 bits per heavy atom. The molecule has 0 aliphatic rings. The predicted molar refractivity (Wildman–Crippen MR) is 49.3 cm³/mol. The van der Waals surface area contributed by atoms with Gasteiger partial charge < -0.3 is 0 Å². The summed E-state index contributed by atoms with van der Waals surface area (Å²) in [6.45, 7) is 5.24. The molecule has 0 aromatic rings. The van der Waals surface area contributed by atoms with E-state index in [4.69, 9.17) is 0 Å². The van der Waals surface area contributed by atoms with E-state index in [1.165, 1.54) is 0 Å². The molecule has 0 aromatic carbocycles. The molecular weight excluding hydrogens is 171 g/mol. The van der Waals surface area contributed by atoms with Crippen molar-refractivity contribution in [3.8, 4) is 0 Å². The van der Waals surface area contributed by atoms with E-state index < -0.39 is 17.7 Å². The van der Waals surface area contributed by atoms with Gasteiger partial charge in [0.2, 0.25) is 6.17 Å². The van der Waals surface area contributed by atoms with Gasteiger partial charge in [0.15, 0.2) is 11.6 Å². The van der Waals surface area contributed by atoms with Crippen molar-refractivity contribution in [1.82, 2.24) is 0 Å². The molecule has 0 N–H and O–H groups in total. The molecule has 0 amide bonds. The third-order valence-electron chi connectivity index (χ3n) is 2.13. The summed E-state index contributed by atoms with van der Waals surface area (Å²) in [5, 5.41) is 0. The molecule has 0 heterocycles. The Bertz CT molecular complexity index is 189. The molecular formula is C10H17FO2. The van der Waals surface area contributed by atoms with E-state index in [9.17, 15) is 14.0 Å². The maximum absolute atomic E-state index is 13.1. The molecule has 2 unspecified atom stereocenters. The van der Waals surface area contributed by atoms with Crippen molar-refractivity contribution in [2.24, 2.45) is 5.92 Å². The van der Waals surface area contributed by atoms with E-state index in [0.29, 0.717) is 12.8 Å². The summed E-state index contributed by atoms with van der Waals surface area (Å²) in [5.74, 6) is -1.50. The molecule has 0 aliphatic heterocycles. The Balaban J connectivity index is 4.16. The Morgan fingerprint density at radius 1 is 1.31 bits per heavy atom. The van der Waals surface area contributed by atoms with Gasteiger partial charge in [-0.05, 0) is 12.8 Å². The average molecular weight is 188 g/mol. The maximum Gasteiger partial charge on any atom is 0.216 e. The minimum atomic E-state index is -1.89. The van der Waals surface area contributed by atoms with Crippen LogP contribution in [0.5, 0.6) is 0 Å². The summed E-state index contributed by atoms with van der Waals surface area (Å²) in [6, 6.07) is 0. The first-order valence-electron chi connectivity index (χ1n) is 4.75. The first-order valence-corrected chi connectivity index (χ1v) is 4.75. The molecule has 0 saturated carbocycles. The van der Waals surface area contributed by atoms with Gasteiger partial charge in [-0.1, -0.05) is 20.8 Å². The van der Waals surface area contributed by atoms with Gasteiger partial charge in [-0.25, -0.2) is 4.39 Å². The third-order valence-corrected chi connectivity index (χ3v) is 2.13. The van der Waals surface area contributed by atoms with Crippen LogP contribution in [0.25, 0.3) is 0 Å². The molecule has 0 fully saturated rings. The van der Waals surface area contributed by atoms with Gasteiger partial charge in [0.1, 0.15) is 0 Å². The molecule has 0 bridgehead atoms. The molecule has 0 saturated heterocycles. The predicted octanol–water partition coefficient (Wildman–Crippen LogP) is 2.31. The number of halogens is 1. The number of ketones is 2. The molecule has 0 rings (SSSR count). The van der Waals surface area contributed by atoms with Gasteiger partial charge in [0.05, 0.1) is 0 Å². The lowest BCUT2D eigenvalue weighted by Gasteiger charge is -2.10. The number of carbonyl (C=O) groups is 2. The van der Waals surface area contributed by atoms with Crippen molar-refractivity contribution in [1.29, 1.82) is 0 Å². The smallest absolute Gasteiger partial charge is 0.216 e. The van der Waals surface area contributed by atoms with Crippen LogP contribution in [0.3, 0.4) is 0 Å². The lowest BCUT2D eigenvalue weighted by molar-refractivity contribution is -0.136. The number of carbonyl (C=O) groups excluding carboxylic acids is 2. The average Bonchev–Trinajstić information content (AvgIpc) is 2.14. The second-order valence-electron chi connectivity index (χ2n) is 3.29. The maximum atomic E-state index is 13.1. The fraction of sp³-hybridized carbons (Fsp3) is 0.800. The highest BCUT2D eigenvalue weighted by atomic mass is 19.1. The van der Waals surface area contributed by atoms with E-state index in [0.717, 1.165) is 0 Å². The van der Waals surface area contributed by atoms with Crippen LogP contribution in [0, 0.1) is 5.92 Å². The van der Waals surface area contributed by atoms with E-state index >= 15 is 0 Å².